The van der Waals surface area contributed by atoms with Crippen molar-refractivity contribution < 1.29 is 24.2 Å². The quantitative estimate of drug-likeness (QED) is 0.585. The number of carbonyl (C=O) groups is 2. The highest BCUT2D eigenvalue weighted by Crippen LogP contribution is 2.41. The number of benzene rings is 2. The summed E-state index contributed by atoms with van der Waals surface area (Å²) in [6, 6.07) is 9.20. The van der Waals surface area contributed by atoms with E-state index in [1.165, 1.54) is 25.7 Å². The zero-order valence-corrected chi connectivity index (χ0v) is 17.0. The molecule has 1 fully saturated rings. The summed E-state index contributed by atoms with van der Waals surface area (Å²) < 4.78 is 13.6. The van der Waals surface area contributed by atoms with E-state index in [9.17, 15) is 9.59 Å². The maximum Gasteiger partial charge on any atom is 0.306 e. The van der Waals surface area contributed by atoms with E-state index in [1.54, 1.807) is 19.2 Å². The van der Waals surface area contributed by atoms with Crippen LogP contribution in [-0.2, 0) is 11.3 Å². The van der Waals surface area contributed by atoms with Gasteiger partial charge < -0.3 is 24.9 Å². The number of hydrogen-bond acceptors (Lipinski definition) is 4. The first kappa shape index (κ1) is 20.1. The van der Waals surface area contributed by atoms with Gasteiger partial charge in [-0.15, -0.1) is 0 Å². The Labute approximate surface area is 174 Å². The van der Waals surface area contributed by atoms with Crippen LogP contribution in [0, 0.1) is 5.92 Å². The van der Waals surface area contributed by atoms with Gasteiger partial charge in [0.05, 0.1) is 31.2 Å². The van der Waals surface area contributed by atoms with Crippen LogP contribution in [0.2, 0.25) is 0 Å². The van der Waals surface area contributed by atoms with Crippen LogP contribution < -0.4 is 15.2 Å². The van der Waals surface area contributed by atoms with E-state index in [4.69, 9.17) is 20.3 Å². The lowest BCUT2D eigenvalue weighted by atomic mass is 10.1. The van der Waals surface area contributed by atoms with E-state index in [0.717, 1.165) is 28.4 Å². The van der Waals surface area contributed by atoms with Gasteiger partial charge >= 0.3 is 5.97 Å². The van der Waals surface area contributed by atoms with Crippen LogP contribution >= 0.6 is 0 Å². The Kier molecular flexibility index (Phi) is 5.53. The molecule has 7 heteroatoms. The van der Waals surface area contributed by atoms with Gasteiger partial charge in [-0.05, 0) is 37.0 Å². The molecule has 3 aromatic rings. The number of carboxylic acids is 1. The molecule has 158 valence electrons. The van der Waals surface area contributed by atoms with Gasteiger partial charge in [-0.3, -0.25) is 9.59 Å². The second-order valence-electron chi connectivity index (χ2n) is 7.84. The third-order valence-corrected chi connectivity index (χ3v) is 5.91. The Bertz CT molecular complexity index is 1110. The number of amides is 1. The van der Waals surface area contributed by atoms with Crippen LogP contribution in [-0.4, -0.2) is 35.3 Å². The van der Waals surface area contributed by atoms with Gasteiger partial charge in [-0.25, -0.2) is 0 Å². The van der Waals surface area contributed by atoms with Gasteiger partial charge in [-0.1, -0.05) is 18.9 Å². The number of aliphatic carboxylic acids is 1. The number of ether oxygens (including phenoxy) is 2. The second-order valence-corrected chi connectivity index (χ2v) is 7.84. The highest BCUT2D eigenvalue weighted by Gasteiger charge is 2.23. The van der Waals surface area contributed by atoms with Crippen molar-refractivity contribution in [1.82, 2.24) is 4.57 Å². The summed E-state index contributed by atoms with van der Waals surface area (Å²) in [4.78, 5) is 23.0. The van der Waals surface area contributed by atoms with Crippen LogP contribution in [0.15, 0.2) is 30.3 Å². The van der Waals surface area contributed by atoms with Crippen molar-refractivity contribution in [3.63, 3.8) is 0 Å². The summed E-state index contributed by atoms with van der Waals surface area (Å²) in [7, 11) is 1.60. The zero-order chi connectivity index (χ0) is 21.3. The minimum atomic E-state index is -0.924. The van der Waals surface area contributed by atoms with Gasteiger partial charge in [-0.2, -0.15) is 0 Å². The summed E-state index contributed by atoms with van der Waals surface area (Å²) in [5, 5.41) is 10.5. The van der Waals surface area contributed by atoms with Crippen molar-refractivity contribution in [1.29, 1.82) is 0 Å². The third-order valence-electron chi connectivity index (χ3n) is 5.91. The van der Waals surface area contributed by atoms with Gasteiger partial charge in [0.25, 0.3) is 0 Å². The predicted octanol–water partition coefficient (Wildman–Crippen LogP) is 3.95. The summed E-state index contributed by atoms with van der Waals surface area (Å²) in [5.41, 5.74) is 7.98. The molecule has 0 saturated heterocycles. The molecule has 1 heterocycles. The van der Waals surface area contributed by atoms with Crippen LogP contribution in [0.3, 0.4) is 0 Å². The average molecular weight is 410 g/mol. The molecule has 4 rings (SSSR count). The first-order valence-corrected chi connectivity index (χ1v) is 10.3. The lowest BCUT2D eigenvalue weighted by Gasteiger charge is -2.15. The molecule has 1 aromatic heterocycles. The minimum Gasteiger partial charge on any atom is -0.494 e. The molecule has 0 atom stereocenters. The van der Waals surface area contributed by atoms with E-state index < -0.39 is 11.9 Å². The van der Waals surface area contributed by atoms with E-state index in [1.807, 2.05) is 18.2 Å². The minimum absolute atomic E-state index is 0.0490. The molecule has 1 amide bonds. The molecule has 0 unspecified atom stereocenters. The maximum atomic E-state index is 12.2. The molecule has 0 spiro atoms. The Balaban J connectivity index is 1.93. The number of carboxylic acid groups (broad SMARTS) is 1. The standard InChI is InChI=1S/C23H26N2O5/c1-29-19-12-15(30-10-9-20(26)27)11-17-21-16(23(24)28)7-4-8-18(21)25(22(17)19)13-14-5-2-3-6-14/h4,7-8,11-12,14H,2-3,5-6,9-10,13H2,1H3,(H2,24,28)(H,26,27). The molecule has 0 bridgehead atoms. The summed E-state index contributed by atoms with van der Waals surface area (Å²) in [6.45, 7) is 0.894. The number of fused-ring (bicyclic) bond motifs is 3. The molecule has 3 N–H and O–H groups in total. The fraction of sp³-hybridized carbons (Fsp3) is 0.391. The SMILES string of the molecule is COc1cc(OCCC(=O)O)cc2c3c(C(N)=O)cccc3n(CC3CCCC3)c12. The van der Waals surface area contributed by atoms with Crippen LogP contribution in [0.5, 0.6) is 11.5 Å². The number of rotatable bonds is 8. The van der Waals surface area contributed by atoms with Gasteiger partial charge in [0, 0.05) is 28.9 Å². The Hall–Kier alpha value is -3.22. The van der Waals surface area contributed by atoms with Crippen molar-refractivity contribution in [2.45, 2.75) is 38.6 Å². The molecule has 1 saturated carbocycles. The number of methoxy groups -OCH3 is 1. The number of nitrogens with two attached hydrogens (primary N) is 1. The lowest BCUT2D eigenvalue weighted by molar-refractivity contribution is -0.137. The van der Waals surface area contributed by atoms with Crippen LogP contribution in [0.4, 0.5) is 0 Å². The number of aromatic nitrogens is 1. The topological polar surface area (TPSA) is 104 Å². The van der Waals surface area contributed by atoms with Crippen molar-refractivity contribution in [2.24, 2.45) is 11.7 Å². The lowest BCUT2D eigenvalue weighted by Crippen LogP contribution is -2.11. The largest absolute Gasteiger partial charge is 0.494 e. The normalized spacial score (nSPS) is 14.4. The number of carbonyl (C=O) groups excluding carboxylic acids is 1. The number of hydrogen-bond donors (Lipinski definition) is 2. The molecule has 1 aliphatic carbocycles. The Morgan fingerprint density at radius 2 is 2.00 bits per heavy atom. The van der Waals surface area contributed by atoms with Crippen molar-refractivity contribution in [3.05, 3.63) is 35.9 Å². The van der Waals surface area contributed by atoms with Crippen molar-refractivity contribution in [2.75, 3.05) is 13.7 Å². The molecule has 0 aliphatic heterocycles. The Morgan fingerprint density at radius 3 is 2.67 bits per heavy atom. The first-order valence-electron chi connectivity index (χ1n) is 10.3. The second kappa shape index (κ2) is 8.26. The fourth-order valence-corrected chi connectivity index (χ4v) is 4.56. The van der Waals surface area contributed by atoms with E-state index in [2.05, 4.69) is 4.57 Å². The fourth-order valence-electron chi connectivity index (χ4n) is 4.56. The van der Waals surface area contributed by atoms with E-state index in [-0.39, 0.29) is 13.0 Å². The highest BCUT2D eigenvalue weighted by atomic mass is 16.5. The molecule has 7 nitrogen and oxygen atoms in total. The summed E-state index contributed by atoms with van der Waals surface area (Å²) >= 11 is 0. The molecule has 0 radical (unpaired) electrons. The van der Waals surface area contributed by atoms with Gasteiger partial charge in [0.1, 0.15) is 11.5 Å². The molecule has 1 aliphatic rings. The van der Waals surface area contributed by atoms with Gasteiger partial charge in [0.2, 0.25) is 5.91 Å². The maximum absolute atomic E-state index is 12.2. The highest BCUT2D eigenvalue weighted by molar-refractivity contribution is 6.19. The summed E-state index contributed by atoms with van der Waals surface area (Å²) in [6.07, 6.45) is 4.77. The molecule has 30 heavy (non-hydrogen) atoms. The molecular weight excluding hydrogens is 384 g/mol. The average Bonchev–Trinajstić information content (AvgIpc) is 3.34. The van der Waals surface area contributed by atoms with E-state index in [0.29, 0.717) is 23.0 Å². The number of primary amides is 1. The monoisotopic (exact) mass is 410 g/mol. The molecule has 2 aromatic carbocycles. The van der Waals surface area contributed by atoms with Gasteiger partial charge in [0.15, 0.2) is 0 Å². The zero-order valence-electron chi connectivity index (χ0n) is 17.0. The molecular formula is C23H26N2O5. The predicted molar refractivity (Wildman–Crippen MR) is 114 cm³/mol. The Morgan fingerprint density at radius 1 is 1.23 bits per heavy atom. The van der Waals surface area contributed by atoms with Crippen molar-refractivity contribution in [3.8, 4) is 11.5 Å². The summed E-state index contributed by atoms with van der Waals surface area (Å²) in [5.74, 6) is 0.295. The smallest absolute Gasteiger partial charge is 0.306 e. The number of nitrogens with zero attached hydrogens (tertiary/aromatic N) is 1. The van der Waals surface area contributed by atoms with Crippen LogP contribution in [0.1, 0.15) is 42.5 Å². The van der Waals surface area contributed by atoms with Crippen molar-refractivity contribution >= 4 is 33.7 Å². The van der Waals surface area contributed by atoms with Crippen LogP contribution in [0.25, 0.3) is 21.8 Å². The van der Waals surface area contributed by atoms with E-state index >= 15 is 0 Å². The third kappa shape index (κ3) is 3.67. The first-order chi connectivity index (χ1) is 14.5.